The van der Waals surface area contributed by atoms with Crippen LogP contribution in [0.15, 0.2) is 22.7 Å². The van der Waals surface area contributed by atoms with Gasteiger partial charge in [0, 0.05) is 36.1 Å². The first-order valence-corrected chi connectivity index (χ1v) is 9.02. The fourth-order valence-electron chi connectivity index (χ4n) is 2.70. The third-order valence-corrected chi connectivity index (χ3v) is 4.57. The summed E-state index contributed by atoms with van der Waals surface area (Å²) in [6, 6.07) is 5.44. The van der Waals surface area contributed by atoms with Crippen LogP contribution in [0.5, 0.6) is 0 Å². The standard InChI is InChI=1S/C17H19BrF3N3O3/c1-10-2-3-12(18)7-13(10)23-14(25)4-5-22-16(27)11-6-15(26)24(8-11)9-17(19,20)21/h2-3,7,11H,4-6,8-9H2,1H3,(H,22,27)(H,23,25). The number of carbonyl (C=O) groups excluding carboxylic acids is 3. The summed E-state index contributed by atoms with van der Waals surface area (Å²) in [6.45, 7) is 0.243. The second-order valence-electron chi connectivity index (χ2n) is 6.34. The molecule has 1 fully saturated rings. The highest BCUT2D eigenvalue weighted by Crippen LogP contribution is 2.24. The van der Waals surface area contributed by atoms with Crippen LogP contribution in [0.4, 0.5) is 18.9 Å². The van der Waals surface area contributed by atoms with E-state index in [4.69, 9.17) is 0 Å². The summed E-state index contributed by atoms with van der Waals surface area (Å²) < 4.78 is 38.0. The Bertz CT molecular complexity index is 740. The summed E-state index contributed by atoms with van der Waals surface area (Å²) in [5.41, 5.74) is 1.52. The molecule has 1 aromatic carbocycles. The number of anilines is 1. The molecule has 0 aliphatic carbocycles. The maximum atomic E-state index is 12.4. The second-order valence-corrected chi connectivity index (χ2v) is 7.25. The summed E-state index contributed by atoms with van der Waals surface area (Å²) >= 11 is 3.31. The maximum absolute atomic E-state index is 12.4. The van der Waals surface area contributed by atoms with Crippen molar-refractivity contribution < 1.29 is 27.6 Å². The number of carbonyl (C=O) groups is 3. The first-order valence-electron chi connectivity index (χ1n) is 8.23. The summed E-state index contributed by atoms with van der Waals surface area (Å²) in [7, 11) is 0. The summed E-state index contributed by atoms with van der Waals surface area (Å²) in [4.78, 5) is 36.2. The lowest BCUT2D eigenvalue weighted by atomic mass is 10.1. The van der Waals surface area contributed by atoms with Crippen molar-refractivity contribution in [2.75, 3.05) is 25.0 Å². The molecule has 3 amide bonds. The molecule has 10 heteroatoms. The van der Waals surface area contributed by atoms with Gasteiger partial charge in [0.2, 0.25) is 17.7 Å². The van der Waals surface area contributed by atoms with Crippen molar-refractivity contribution in [3.05, 3.63) is 28.2 Å². The van der Waals surface area contributed by atoms with Gasteiger partial charge in [0.05, 0.1) is 5.92 Å². The molecule has 1 unspecified atom stereocenters. The average Bonchev–Trinajstić information content (AvgIpc) is 2.90. The highest BCUT2D eigenvalue weighted by molar-refractivity contribution is 9.10. The molecule has 0 spiro atoms. The van der Waals surface area contributed by atoms with Crippen molar-refractivity contribution in [1.82, 2.24) is 10.2 Å². The zero-order chi connectivity index (χ0) is 20.2. The molecule has 0 bridgehead atoms. The Morgan fingerprint density at radius 3 is 2.70 bits per heavy atom. The second kappa shape index (κ2) is 8.73. The van der Waals surface area contributed by atoms with Crippen LogP contribution < -0.4 is 10.6 Å². The molecule has 1 aromatic rings. The highest BCUT2D eigenvalue weighted by Gasteiger charge is 2.40. The Morgan fingerprint density at radius 2 is 2.04 bits per heavy atom. The number of rotatable bonds is 6. The van der Waals surface area contributed by atoms with Gasteiger partial charge in [-0.05, 0) is 24.6 Å². The zero-order valence-electron chi connectivity index (χ0n) is 14.5. The van der Waals surface area contributed by atoms with Crippen molar-refractivity contribution in [3.8, 4) is 0 Å². The lowest BCUT2D eigenvalue weighted by Gasteiger charge is -2.18. The van der Waals surface area contributed by atoms with Crippen molar-refractivity contribution in [2.45, 2.75) is 25.9 Å². The zero-order valence-corrected chi connectivity index (χ0v) is 16.1. The SMILES string of the molecule is Cc1ccc(Br)cc1NC(=O)CCNC(=O)C1CC(=O)N(CC(F)(F)F)C1. The van der Waals surface area contributed by atoms with Gasteiger partial charge in [0.25, 0.3) is 0 Å². The van der Waals surface area contributed by atoms with E-state index >= 15 is 0 Å². The molecule has 6 nitrogen and oxygen atoms in total. The lowest BCUT2D eigenvalue weighted by Crippen LogP contribution is -2.37. The Labute approximate surface area is 162 Å². The Hall–Kier alpha value is -2.10. The minimum Gasteiger partial charge on any atom is -0.355 e. The van der Waals surface area contributed by atoms with Gasteiger partial charge in [-0.2, -0.15) is 13.2 Å². The molecule has 1 atom stereocenters. The van der Waals surface area contributed by atoms with Gasteiger partial charge in [0.15, 0.2) is 0 Å². The number of amides is 3. The van der Waals surface area contributed by atoms with E-state index in [1.165, 1.54) is 0 Å². The number of nitrogens with one attached hydrogen (secondary N) is 2. The molecule has 0 saturated carbocycles. The number of benzene rings is 1. The third kappa shape index (κ3) is 6.53. The van der Waals surface area contributed by atoms with Crippen molar-refractivity contribution >= 4 is 39.3 Å². The van der Waals surface area contributed by atoms with Gasteiger partial charge in [0.1, 0.15) is 6.54 Å². The Morgan fingerprint density at radius 1 is 1.33 bits per heavy atom. The number of hydrogen-bond acceptors (Lipinski definition) is 3. The predicted molar refractivity (Wildman–Crippen MR) is 95.9 cm³/mol. The van der Waals surface area contributed by atoms with Crippen molar-refractivity contribution in [1.29, 1.82) is 0 Å². The Kier molecular flexibility index (Phi) is 6.85. The number of nitrogens with zero attached hydrogens (tertiary/aromatic N) is 1. The Balaban J connectivity index is 1.77. The van der Waals surface area contributed by atoms with Crippen LogP contribution in [0.2, 0.25) is 0 Å². The summed E-state index contributed by atoms with van der Waals surface area (Å²) in [6.07, 6.45) is -4.75. The number of alkyl halides is 3. The first-order chi connectivity index (χ1) is 12.5. The van der Waals surface area contributed by atoms with E-state index in [2.05, 4.69) is 26.6 Å². The molecule has 2 N–H and O–H groups in total. The van der Waals surface area contributed by atoms with E-state index in [-0.39, 0.29) is 31.8 Å². The van der Waals surface area contributed by atoms with E-state index in [9.17, 15) is 27.6 Å². The van der Waals surface area contributed by atoms with Crippen LogP contribution in [0.25, 0.3) is 0 Å². The quantitative estimate of drug-likeness (QED) is 0.700. The molecular weight excluding hydrogens is 431 g/mol. The van der Waals surface area contributed by atoms with E-state index in [1.807, 2.05) is 19.1 Å². The number of halogens is 4. The molecule has 1 saturated heterocycles. The average molecular weight is 450 g/mol. The van der Waals surface area contributed by atoms with Gasteiger partial charge in [-0.15, -0.1) is 0 Å². The summed E-state index contributed by atoms with van der Waals surface area (Å²) in [5, 5.41) is 5.23. The molecule has 27 heavy (non-hydrogen) atoms. The molecule has 1 heterocycles. The lowest BCUT2D eigenvalue weighted by molar-refractivity contribution is -0.157. The predicted octanol–water partition coefficient (Wildman–Crippen LogP) is 2.61. The minimum atomic E-state index is -4.50. The molecule has 2 rings (SSSR count). The smallest absolute Gasteiger partial charge is 0.355 e. The molecule has 0 radical (unpaired) electrons. The number of hydrogen-bond donors (Lipinski definition) is 2. The molecule has 0 aromatic heterocycles. The minimum absolute atomic E-state index is 0.00459. The van der Waals surface area contributed by atoms with Gasteiger partial charge in [-0.3, -0.25) is 14.4 Å². The fourth-order valence-corrected chi connectivity index (χ4v) is 3.06. The summed E-state index contributed by atoms with van der Waals surface area (Å²) in [5.74, 6) is -2.37. The third-order valence-electron chi connectivity index (χ3n) is 4.08. The van der Waals surface area contributed by atoms with E-state index in [0.717, 1.165) is 10.0 Å². The van der Waals surface area contributed by atoms with Crippen LogP contribution in [0.3, 0.4) is 0 Å². The molecule has 1 aliphatic heterocycles. The molecule has 148 valence electrons. The van der Waals surface area contributed by atoms with Crippen LogP contribution in [0.1, 0.15) is 18.4 Å². The van der Waals surface area contributed by atoms with Crippen molar-refractivity contribution in [3.63, 3.8) is 0 Å². The van der Waals surface area contributed by atoms with Gasteiger partial charge < -0.3 is 15.5 Å². The fraction of sp³-hybridized carbons (Fsp3) is 0.471. The number of aryl methyl sites for hydroxylation is 1. The highest BCUT2D eigenvalue weighted by atomic mass is 79.9. The molecule has 1 aliphatic rings. The first kappa shape index (κ1) is 21.2. The topological polar surface area (TPSA) is 78.5 Å². The van der Waals surface area contributed by atoms with Crippen LogP contribution in [-0.4, -0.2) is 48.4 Å². The van der Waals surface area contributed by atoms with Gasteiger partial charge in [-0.25, -0.2) is 0 Å². The van der Waals surface area contributed by atoms with Crippen molar-refractivity contribution in [2.24, 2.45) is 5.92 Å². The normalized spacial score (nSPS) is 17.1. The van der Waals surface area contributed by atoms with E-state index in [1.54, 1.807) is 6.07 Å². The molecular formula is C17H19BrF3N3O3. The van der Waals surface area contributed by atoms with E-state index < -0.39 is 30.5 Å². The van der Waals surface area contributed by atoms with Gasteiger partial charge >= 0.3 is 6.18 Å². The van der Waals surface area contributed by atoms with Crippen LogP contribution in [-0.2, 0) is 14.4 Å². The maximum Gasteiger partial charge on any atom is 0.406 e. The van der Waals surface area contributed by atoms with Crippen LogP contribution >= 0.6 is 15.9 Å². The largest absolute Gasteiger partial charge is 0.406 e. The van der Waals surface area contributed by atoms with Crippen LogP contribution in [0, 0.1) is 12.8 Å². The number of likely N-dealkylation sites (tertiary alicyclic amines) is 1. The van der Waals surface area contributed by atoms with E-state index in [0.29, 0.717) is 10.6 Å². The van der Waals surface area contributed by atoms with Gasteiger partial charge in [-0.1, -0.05) is 22.0 Å². The monoisotopic (exact) mass is 449 g/mol.